The number of hydrogen-bond acceptors (Lipinski definition) is 3. The van der Waals surface area contributed by atoms with E-state index in [2.05, 4.69) is 24.6 Å². The van der Waals surface area contributed by atoms with Gasteiger partial charge in [-0.1, -0.05) is 29.4 Å². The maximum absolute atomic E-state index is 10.3. The zero-order chi connectivity index (χ0) is 23.6. The van der Waals surface area contributed by atoms with Gasteiger partial charge >= 0.3 is 0 Å². The van der Waals surface area contributed by atoms with Crippen LogP contribution < -0.4 is 0 Å². The van der Waals surface area contributed by atoms with Gasteiger partial charge in [-0.3, -0.25) is 4.39 Å². The largest absolute Gasteiger partial charge is 0.505 e. The fraction of sp³-hybridized carbons (Fsp3) is 0.190. The molecule has 1 aromatic rings. The van der Waals surface area contributed by atoms with Gasteiger partial charge in [0.25, 0.3) is 5.70 Å². The summed E-state index contributed by atoms with van der Waals surface area (Å²) in [6, 6.07) is 6.52. The molecule has 0 aromatic heterocycles. The standard InChI is InChI=1S/C19H11N7O.CH3F.CH3.V/c1-19(2)13(17(24-5)18(27-19)16(11-20)23-4)8-6-12-7-9-14(25-26-21)15(10-12)22-3;1-2;;/h6-10H,1-2H3;1H3;1H3;/q;;-1;/b8-6+,18-16+;;;/i;1D2;;. The Morgan fingerprint density at radius 1 is 1.32 bits per heavy atom. The van der Waals surface area contributed by atoms with E-state index in [1.807, 2.05) is 0 Å². The first kappa shape index (κ1) is 25.1. The maximum atomic E-state index is 10.3. The number of alkyl halides is 1. The van der Waals surface area contributed by atoms with E-state index in [9.17, 15) is 4.39 Å². The van der Waals surface area contributed by atoms with Crippen LogP contribution in [-0.2, 0) is 23.3 Å². The molecule has 0 bridgehead atoms. The molecule has 1 aliphatic heterocycles. The Kier molecular flexibility index (Phi) is 10.7. The van der Waals surface area contributed by atoms with Gasteiger partial charge in [-0.25, -0.2) is 19.8 Å². The second kappa shape index (κ2) is 13.3. The third-order valence-electron chi connectivity index (χ3n) is 3.74. The Labute approximate surface area is 195 Å². The van der Waals surface area contributed by atoms with Crippen LogP contribution in [0.1, 0.15) is 22.2 Å². The minimum absolute atomic E-state index is 0. The van der Waals surface area contributed by atoms with Gasteiger partial charge in [0, 0.05) is 34.7 Å². The van der Waals surface area contributed by atoms with Crippen LogP contribution in [0, 0.1) is 38.5 Å². The van der Waals surface area contributed by atoms with Crippen LogP contribution in [0.15, 0.2) is 52.1 Å². The van der Waals surface area contributed by atoms with Gasteiger partial charge in [0.1, 0.15) is 11.4 Å². The first-order valence-corrected chi connectivity index (χ1v) is 7.71. The predicted molar refractivity (Wildman–Crippen MR) is 112 cm³/mol. The number of benzene rings is 1. The summed E-state index contributed by atoms with van der Waals surface area (Å²) in [4.78, 5) is 12.6. The van der Waals surface area contributed by atoms with Gasteiger partial charge in [0.15, 0.2) is 5.69 Å². The van der Waals surface area contributed by atoms with Crippen LogP contribution in [0.3, 0.4) is 0 Å². The molecule has 0 aliphatic carbocycles. The summed E-state index contributed by atoms with van der Waals surface area (Å²) in [7, 11) is -2.17. The molecule has 0 amide bonds. The molecule has 0 fully saturated rings. The van der Waals surface area contributed by atoms with Crippen molar-refractivity contribution in [2.75, 3.05) is 7.13 Å². The number of allylic oxidation sites excluding steroid dienone is 1. The van der Waals surface area contributed by atoms with E-state index >= 15 is 0 Å². The summed E-state index contributed by atoms with van der Waals surface area (Å²) in [6.07, 6.45) is 3.35. The monoisotopic (exact) mass is 455 g/mol. The smallest absolute Gasteiger partial charge is 0.292 e. The molecule has 155 valence electrons. The van der Waals surface area contributed by atoms with E-state index in [1.165, 1.54) is 6.07 Å². The minimum atomic E-state index is -2.17. The normalized spacial score (nSPS) is 15.5. The molecule has 31 heavy (non-hydrogen) atoms. The second-order valence-corrected chi connectivity index (χ2v) is 5.77. The summed E-state index contributed by atoms with van der Waals surface area (Å²) in [5.74, 6) is -0.0206. The van der Waals surface area contributed by atoms with E-state index in [0.29, 0.717) is 11.1 Å². The van der Waals surface area contributed by atoms with Crippen molar-refractivity contribution in [2.45, 2.75) is 19.4 Å². The molecule has 2 rings (SSSR count). The Hall–Kier alpha value is -3.98. The quantitative estimate of drug-likeness (QED) is 0.164. The van der Waals surface area contributed by atoms with Crippen LogP contribution in [0.4, 0.5) is 15.8 Å². The van der Waals surface area contributed by atoms with Crippen LogP contribution in [0.2, 0.25) is 0 Å². The maximum Gasteiger partial charge on any atom is 0.292 e. The van der Waals surface area contributed by atoms with Crippen LogP contribution in [0.25, 0.3) is 31.1 Å². The minimum Gasteiger partial charge on any atom is -0.505 e. The van der Waals surface area contributed by atoms with Crippen molar-refractivity contribution >= 4 is 17.5 Å². The molecule has 0 saturated carbocycles. The van der Waals surface area contributed by atoms with E-state index in [0.717, 1.165) is 0 Å². The van der Waals surface area contributed by atoms with Crippen molar-refractivity contribution in [3.05, 3.63) is 105 Å². The predicted octanol–water partition coefficient (Wildman–Crippen LogP) is 6.86. The Bertz CT molecular complexity index is 1170. The fourth-order valence-corrected chi connectivity index (χ4v) is 2.49. The fourth-order valence-electron chi connectivity index (χ4n) is 2.49. The van der Waals surface area contributed by atoms with Gasteiger partial charge in [0.2, 0.25) is 5.70 Å². The molecule has 1 heterocycles. The molecular formula is C21H17FN7OV-. The molecule has 1 aromatic carbocycles. The number of ether oxygens (including phenoxy) is 1. The molecule has 0 atom stereocenters. The molecule has 1 radical (unpaired) electrons. The summed E-state index contributed by atoms with van der Waals surface area (Å²) in [6.45, 7) is 25.2. The van der Waals surface area contributed by atoms with Gasteiger partial charge in [-0.2, -0.15) is 0 Å². The number of halogens is 1. The summed E-state index contributed by atoms with van der Waals surface area (Å²) >= 11 is 0. The first-order chi connectivity index (χ1) is 14.6. The second-order valence-electron chi connectivity index (χ2n) is 5.77. The van der Waals surface area contributed by atoms with Crippen molar-refractivity contribution in [3.63, 3.8) is 0 Å². The SMILES string of the molecule is [2H]C([2H])F.[C-]#[N+]C1=C(/C=C/c2ccc(N=[N+]=[N-])c([N+]#[C-])c2)C(C)(C)O/C1=C(\C#N)[N+]#[C-].[CH3-].[V]. The zero-order valence-electron chi connectivity index (χ0n) is 18.8. The number of azide groups is 1. The Morgan fingerprint density at radius 3 is 2.45 bits per heavy atom. The topological polar surface area (TPSA) is 94.9 Å². The van der Waals surface area contributed by atoms with E-state index in [4.69, 9.17) is 38.0 Å². The molecule has 1 aliphatic rings. The number of nitrogens with zero attached hydrogens (tertiary/aromatic N) is 7. The Morgan fingerprint density at radius 2 is 1.97 bits per heavy atom. The van der Waals surface area contributed by atoms with Crippen molar-refractivity contribution in [1.29, 1.82) is 5.26 Å². The molecular weight excluding hydrogens is 436 g/mol. The summed E-state index contributed by atoms with van der Waals surface area (Å²) in [5.41, 5.74) is 9.09. The molecule has 10 heteroatoms. The Balaban J connectivity index is 0. The number of nitriles is 1. The van der Waals surface area contributed by atoms with Crippen LogP contribution >= 0.6 is 0 Å². The van der Waals surface area contributed by atoms with E-state index in [1.54, 1.807) is 44.2 Å². The number of hydrogen-bond donors (Lipinski definition) is 0. The van der Waals surface area contributed by atoms with Gasteiger partial charge in [0.05, 0.1) is 35.7 Å². The first-order valence-electron chi connectivity index (χ1n) is 8.87. The van der Waals surface area contributed by atoms with Crippen LogP contribution in [0.5, 0.6) is 0 Å². The van der Waals surface area contributed by atoms with Gasteiger partial charge < -0.3 is 12.2 Å². The van der Waals surface area contributed by atoms with Crippen LogP contribution in [-0.4, -0.2) is 12.7 Å². The third-order valence-corrected chi connectivity index (χ3v) is 3.74. The van der Waals surface area contributed by atoms with Crippen molar-refractivity contribution < 1.29 is 30.4 Å². The summed E-state index contributed by atoms with van der Waals surface area (Å²) in [5, 5.41) is 12.5. The van der Waals surface area contributed by atoms with E-state index < -0.39 is 12.7 Å². The number of rotatable bonds is 3. The van der Waals surface area contributed by atoms with Gasteiger partial charge in [-0.15, -0.1) is 0 Å². The zero-order valence-corrected chi connectivity index (χ0v) is 18.2. The molecule has 0 saturated heterocycles. The van der Waals surface area contributed by atoms with E-state index in [-0.39, 0.29) is 54.5 Å². The average molecular weight is 455 g/mol. The van der Waals surface area contributed by atoms with Gasteiger partial charge in [-0.05, 0) is 31.0 Å². The molecule has 0 unspecified atom stereocenters. The average Bonchev–Trinajstić information content (AvgIpc) is 2.97. The summed E-state index contributed by atoms with van der Waals surface area (Å²) < 4.78 is 27.2. The van der Waals surface area contributed by atoms with Crippen molar-refractivity contribution in [2.24, 2.45) is 5.11 Å². The van der Waals surface area contributed by atoms with Crippen molar-refractivity contribution in [1.82, 2.24) is 0 Å². The molecule has 0 spiro atoms. The van der Waals surface area contributed by atoms with Crippen molar-refractivity contribution in [3.8, 4) is 6.07 Å². The third kappa shape index (κ3) is 6.51. The molecule has 8 nitrogen and oxygen atoms in total. The molecule has 0 N–H and O–H groups in total.